The summed E-state index contributed by atoms with van der Waals surface area (Å²) in [4.78, 5) is 25.4. The van der Waals surface area contributed by atoms with Gasteiger partial charge in [-0.05, 0) is 43.7 Å². The smallest absolute Gasteiger partial charge is 0.265 e. The van der Waals surface area contributed by atoms with Crippen molar-refractivity contribution in [1.82, 2.24) is 0 Å². The van der Waals surface area contributed by atoms with Crippen molar-refractivity contribution in [2.45, 2.75) is 29.6 Å². The van der Waals surface area contributed by atoms with E-state index in [-0.39, 0.29) is 28.6 Å². The van der Waals surface area contributed by atoms with E-state index in [1.807, 2.05) is 12.1 Å². The van der Waals surface area contributed by atoms with Crippen LogP contribution in [0.15, 0.2) is 47.4 Å². The lowest BCUT2D eigenvalue weighted by Crippen LogP contribution is -2.34. The zero-order chi connectivity index (χ0) is 20.6. The van der Waals surface area contributed by atoms with Gasteiger partial charge in [0.2, 0.25) is 0 Å². The number of fused-ring (bicyclic) bond motifs is 1. The molecule has 7 nitrogen and oxygen atoms in total. The molecule has 9 heteroatoms. The van der Waals surface area contributed by atoms with E-state index in [2.05, 4.69) is 10.6 Å². The van der Waals surface area contributed by atoms with Crippen LogP contribution < -0.4 is 15.4 Å². The highest BCUT2D eigenvalue weighted by atomic mass is 32.2. The number of nitrogens with one attached hydrogen (secondary N) is 2. The molecule has 0 radical (unpaired) electrons. The summed E-state index contributed by atoms with van der Waals surface area (Å²) in [5.74, 6) is 0.338. The summed E-state index contributed by atoms with van der Waals surface area (Å²) in [7, 11) is -2.98. The van der Waals surface area contributed by atoms with E-state index in [1.165, 1.54) is 11.8 Å². The first-order valence-corrected chi connectivity index (χ1v) is 11.9. The molecule has 2 atom stereocenters. The van der Waals surface area contributed by atoms with Crippen molar-refractivity contribution in [3.63, 3.8) is 0 Å². The molecular formula is C20H20N2O5S2. The van der Waals surface area contributed by atoms with Crippen molar-refractivity contribution in [3.05, 3.63) is 48.0 Å². The molecule has 152 valence electrons. The maximum Gasteiger partial charge on any atom is 0.265 e. The Kier molecular flexibility index (Phi) is 5.26. The molecule has 2 heterocycles. The average Bonchev–Trinajstić information content (AvgIpc) is 3.01. The van der Waals surface area contributed by atoms with E-state index < -0.39 is 15.9 Å². The quantitative estimate of drug-likeness (QED) is 0.770. The Bertz CT molecular complexity index is 1080. The van der Waals surface area contributed by atoms with Gasteiger partial charge in [-0.2, -0.15) is 0 Å². The van der Waals surface area contributed by atoms with E-state index >= 15 is 0 Å². The zero-order valence-corrected chi connectivity index (χ0v) is 17.3. The van der Waals surface area contributed by atoms with Crippen molar-refractivity contribution in [3.8, 4) is 5.75 Å². The Morgan fingerprint density at radius 2 is 2.03 bits per heavy atom. The fourth-order valence-corrected chi connectivity index (χ4v) is 6.90. The van der Waals surface area contributed by atoms with E-state index in [9.17, 15) is 18.0 Å². The molecule has 2 aromatic rings. The van der Waals surface area contributed by atoms with Gasteiger partial charge in [0.25, 0.3) is 11.8 Å². The van der Waals surface area contributed by atoms with Crippen molar-refractivity contribution in [2.24, 2.45) is 0 Å². The van der Waals surface area contributed by atoms with Crippen LogP contribution in [0.25, 0.3) is 0 Å². The number of rotatable bonds is 4. The van der Waals surface area contributed by atoms with Gasteiger partial charge in [-0.15, -0.1) is 11.8 Å². The van der Waals surface area contributed by atoms with Gasteiger partial charge >= 0.3 is 0 Å². The molecule has 0 aromatic heterocycles. The second-order valence-corrected chi connectivity index (χ2v) is 10.6. The average molecular weight is 433 g/mol. The lowest BCUT2D eigenvalue weighted by atomic mass is 10.2. The van der Waals surface area contributed by atoms with Gasteiger partial charge in [-0.1, -0.05) is 12.1 Å². The molecule has 0 bridgehead atoms. The molecule has 0 saturated carbocycles. The van der Waals surface area contributed by atoms with Crippen LogP contribution in [0.4, 0.5) is 11.4 Å². The van der Waals surface area contributed by atoms with Crippen LogP contribution >= 0.6 is 11.8 Å². The lowest BCUT2D eigenvalue weighted by Gasteiger charge is -2.23. The number of hydrogen-bond donors (Lipinski definition) is 2. The van der Waals surface area contributed by atoms with E-state index in [0.29, 0.717) is 29.1 Å². The maximum atomic E-state index is 12.9. The fraction of sp³-hybridized carbons (Fsp3) is 0.300. The van der Waals surface area contributed by atoms with Crippen molar-refractivity contribution < 1.29 is 22.7 Å². The highest BCUT2D eigenvalue weighted by molar-refractivity contribution is 8.02. The summed E-state index contributed by atoms with van der Waals surface area (Å²) in [6.07, 6.45) is 0.0255. The second kappa shape index (κ2) is 7.72. The normalized spacial score (nSPS) is 22.3. The molecule has 29 heavy (non-hydrogen) atoms. The number of carbonyl (C=O) groups excluding carboxylic acids is 2. The van der Waals surface area contributed by atoms with Crippen LogP contribution in [0.5, 0.6) is 5.75 Å². The summed E-state index contributed by atoms with van der Waals surface area (Å²) in [5, 5.41) is 5.54. The molecule has 2 aliphatic heterocycles. The molecule has 2 aromatic carbocycles. The van der Waals surface area contributed by atoms with E-state index in [0.717, 1.165) is 4.90 Å². The third-order valence-corrected chi connectivity index (χ3v) is 8.11. The first-order chi connectivity index (χ1) is 13.8. The number of benzene rings is 2. The van der Waals surface area contributed by atoms with Crippen molar-refractivity contribution >= 4 is 44.8 Å². The number of anilines is 2. The first-order valence-electron chi connectivity index (χ1n) is 9.20. The van der Waals surface area contributed by atoms with Crippen LogP contribution in [0.1, 0.15) is 23.7 Å². The van der Waals surface area contributed by atoms with E-state index in [4.69, 9.17) is 4.74 Å². The molecule has 4 rings (SSSR count). The predicted octanol–water partition coefficient (Wildman–Crippen LogP) is 2.94. The standard InChI is InChI=1S/C20H20N2O5S2/c1-12-19(23)22-16-10-13(6-7-17(16)27-12)21-20(24)15-4-2-3-5-18(15)28-14-8-9-29(25,26)11-14/h2-7,10,12,14H,8-9,11H2,1H3,(H,21,24)(H,22,23)/t12-,14+/m1/s1. The Labute approximate surface area is 173 Å². The van der Waals surface area contributed by atoms with Gasteiger partial charge in [-0.25, -0.2) is 8.42 Å². The third kappa shape index (κ3) is 4.40. The minimum atomic E-state index is -2.98. The fourth-order valence-electron chi connectivity index (χ4n) is 3.28. The molecule has 2 N–H and O–H groups in total. The van der Waals surface area contributed by atoms with Gasteiger partial charge in [0, 0.05) is 15.8 Å². The van der Waals surface area contributed by atoms with Crippen LogP contribution in [-0.4, -0.2) is 43.1 Å². The number of sulfone groups is 1. The Morgan fingerprint density at radius 3 is 2.79 bits per heavy atom. The first kappa shape index (κ1) is 19.8. The molecule has 1 saturated heterocycles. The maximum absolute atomic E-state index is 12.9. The van der Waals surface area contributed by atoms with Gasteiger partial charge in [0.05, 0.1) is 22.8 Å². The van der Waals surface area contributed by atoms with Gasteiger partial charge < -0.3 is 15.4 Å². The molecule has 2 amide bonds. The second-order valence-electron chi connectivity index (χ2n) is 7.05. The Hall–Kier alpha value is -2.52. The van der Waals surface area contributed by atoms with E-state index in [1.54, 1.807) is 37.3 Å². The minimum absolute atomic E-state index is 0.0490. The summed E-state index contributed by atoms with van der Waals surface area (Å²) in [5.41, 5.74) is 1.51. The summed E-state index contributed by atoms with van der Waals surface area (Å²) >= 11 is 1.43. The molecule has 2 aliphatic rings. The van der Waals surface area contributed by atoms with Crippen LogP contribution in [0, 0.1) is 0 Å². The molecule has 0 spiro atoms. The monoisotopic (exact) mass is 432 g/mol. The largest absolute Gasteiger partial charge is 0.479 e. The highest BCUT2D eigenvalue weighted by Gasteiger charge is 2.29. The topological polar surface area (TPSA) is 102 Å². The number of amides is 2. The number of ether oxygens (including phenoxy) is 1. The molecule has 0 unspecified atom stereocenters. The summed E-state index contributed by atoms with van der Waals surface area (Å²) < 4.78 is 29.0. The van der Waals surface area contributed by atoms with Crippen molar-refractivity contribution in [2.75, 3.05) is 22.1 Å². The minimum Gasteiger partial charge on any atom is -0.479 e. The number of thioether (sulfide) groups is 1. The van der Waals surface area contributed by atoms with Crippen LogP contribution in [0.3, 0.4) is 0 Å². The summed E-state index contributed by atoms with van der Waals surface area (Å²) in [6.45, 7) is 1.66. The third-order valence-electron chi connectivity index (χ3n) is 4.78. The van der Waals surface area contributed by atoms with Crippen LogP contribution in [0.2, 0.25) is 0 Å². The van der Waals surface area contributed by atoms with Crippen LogP contribution in [-0.2, 0) is 14.6 Å². The molecule has 1 fully saturated rings. The SMILES string of the molecule is C[C@H]1Oc2ccc(NC(=O)c3ccccc3S[C@H]3CCS(=O)(=O)C3)cc2NC1=O. The zero-order valence-electron chi connectivity index (χ0n) is 15.7. The predicted molar refractivity (Wildman–Crippen MR) is 112 cm³/mol. The summed E-state index contributed by atoms with van der Waals surface area (Å²) in [6, 6.07) is 12.2. The molecule has 0 aliphatic carbocycles. The lowest BCUT2D eigenvalue weighted by molar-refractivity contribution is -0.122. The van der Waals surface area contributed by atoms with Gasteiger partial charge in [-0.3, -0.25) is 9.59 Å². The number of hydrogen-bond acceptors (Lipinski definition) is 6. The van der Waals surface area contributed by atoms with Crippen molar-refractivity contribution in [1.29, 1.82) is 0 Å². The molecular weight excluding hydrogens is 412 g/mol. The number of carbonyl (C=O) groups is 2. The highest BCUT2D eigenvalue weighted by Crippen LogP contribution is 2.35. The Balaban J connectivity index is 1.51. The Morgan fingerprint density at radius 1 is 1.24 bits per heavy atom. The van der Waals surface area contributed by atoms with Gasteiger partial charge in [0.1, 0.15) is 5.75 Å². The van der Waals surface area contributed by atoms with Gasteiger partial charge in [0.15, 0.2) is 15.9 Å².